The molecule has 2 amide bonds. The van der Waals surface area contributed by atoms with Crippen LogP contribution in [0.1, 0.15) is 45.6 Å². The minimum atomic E-state index is -0.961. The maximum absolute atomic E-state index is 13.1. The fourth-order valence-corrected chi connectivity index (χ4v) is 7.08. The maximum atomic E-state index is 13.1. The average molecular weight is 502 g/mol. The van der Waals surface area contributed by atoms with Crippen LogP contribution in [-0.2, 0) is 16.1 Å². The summed E-state index contributed by atoms with van der Waals surface area (Å²) in [6, 6.07) is 4.98. The van der Waals surface area contributed by atoms with Gasteiger partial charge < -0.3 is 29.9 Å². The summed E-state index contributed by atoms with van der Waals surface area (Å²) in [5, 5.41) is 23.6. The molecule has 1 aromatic rings. The van der Waals surface area contributed by atoms with Crippen molar-refractivity contribution in [1.29, 1.82) is 0 Å². The second-order valence-electron chi connectivity index (χ2n) is 11.7. The molecule has 198 valence electrons. The van der Waals surface area contributed by atoms with Gasteiger partial charge in [0.2, 0.25) is 18.6 Å². The number of benzene rings is 1. The Bertz CT molecular complexity index is 1010. The number of amides is 2. The summed E-state index contributed by atoms with van der Waals surface area (Å²) in [5.41, 5.74) is 0.915. The lowest BCUT2D eigenvalue weighted by Crippen LogP contribution is -2.56. The Balaban J connectivity index is 1.11. The van der Waals surface area contributed by atoms with E-state index in [-0.39, 0.29) is 47.7 Å². The van der Waals surface area contributed by atoms with Crippen molar-refractivity contribution in [2.75, 3.05) is 39.6 Å². The summed E-state index contributed by atoms with van der Waals surface area (Å²) in [7, 11) is 0. The standard InChI is InChI=1S/C27H39N3O6/c1-26(2)19-6-7-27(26,3)24(33)18(19)13-23(32)28-20(15-31)25(34)30-10-8-29(9-11-30)14-17-4-5-21-22(12-17)36-16-35-21/h4-5,12,18-20,24,31,33H,6-11,13-16H2,1-3H3,(H,28,32). The van der Waals surface area contributed by atoms with Crippen molar-refractivity contribution in [3.05, 3.63) is 23.8 Å². The fourth-order valence-electron chi connectivity index (χ4n) is 7.08. The van der Waals surface area contributed by atoms with E-state index < -0.39 is 18.8 Å². The average Bonchev–Trinajstić information content (AvgIpc) is 3.45. The second-order valence-corrected chi connectivity index (χ2v) is 11.7. The van der Waals surface area contributed by atoms with Crippen molar-refractivity contribution in [2.24, 2.45) is 22.7 Å². The summed E-state index contributed by atoms with van der Waals surface area (Å²) in [6.45, 7) is 9.54. The van der Waals surface area contributed by atoms with E-state index in [1.807, 2.05) is 18.2 Å². The molecule has 2 bridgehead atoms. The van der Waals surface area contributed by atoms with Crippen molar-refractivity contribution in [1.82, 2.24) is 15.1 Å². The number of nitrogens with one attached hydrogen (secondary N) is 1. The van der Waals surface area contributed by atoms with E-state index in [1.54, 1.807) is 4.90 Å². The fraction of sp³-hybridized carbons (Fsp3) is 0.704. The first-order valence-corrected chi connectivity index (χ1v) is 13.1. The number of carbonyl (C=O) groups is 2. The van der Waals surface area contributed by atoms with Gasteiger partial charge in [0.05, 0.1) is 12.7 Å². The molecule has 5 rings (SSSR count). The molecule has 2 saturated carbocycles. The van der Waals surface area contributed by atoms with E-state index in [0.29, 0.717) is 26.2 Å². The van der Waals surface area contributed by atoms with Crippen molar-refractivity contribution in [3.8, 4) is 11.5 Å². The van der Waals surface area contributed by atoms with Crippen molar-refractivity contribution < 1.29 is 29.3 Å². The minimum Gasteiger partial charge on any atom is -0.454 e. The summed E-state index contributed by atoms with van der Waals surface area (Å²) in [4.78, 5) is 30.0. The molecule has 5 atom stereocenters. The van der Waals surface area contributed by atoms with Crippen molar-refractivity contribution in [2.45, 2.75) is 58.7 Å². The number of piperazine rings is 1. The molecule has 0 spiro atoms. The number of hydrogen-bond donors (Lipinski definition) is 3. The molecule has 3 fully saturated rings. The summed E-state index contributed by atoms with van der Waals surface area (Å²) in [5.74, 6) is 1.16. The molecule has 9 heteroatoms. The van der Waals surface area contributed by atoms with Gasteiger partial charge in [-0.05, 0) is 53.2 Å². The number of fused-ring (bicyclic) bond motifs is 3. The van der Waals surface area contributed by atoms with Crippen LogP contribution in [0.4, 0.5) is 0 Å². The van der Waals surface area contributed by atoms with Crippen LogP contribution in [0.2, 0.25) is 0 Å². The number of rotatable bonds is 7. The van der Waals surface area contributed by atoms with Crippen LogP contribution < -0.4 is 14.8 Å². The van der Waals surface area contributed by atoms with E-state index in [1.165, 1.54) is 0 Å². The van der Waals surface area contributed by atoms with Gasteiger partial charge in [0.25, 0.3) is 0 Å². The van der Waals surface area contributed by atoms with Crippen LogP contribution in [0.15, 0.2) is 18.2 Å². The Morgan fingerprint density at radius 3 is 2.53 bits per heavy atom. The molecule has 2 aliphatic heterocycles. The van der Waals surface area contributed by atoms with Crippen LogP contribution in [0.3, 0.4) is 0 Å². The zero-order chi connectivity index (χ0) is 25.7. The van der Waals surface area contributed by atoms with Crippen LogP contribution in [0, 0.1) is 22.7 Å². The molecule has 5 unspecified atom stereocenters. The first kappa shape index (κ1) is 25.3. The largest absolute Gasteiger partial charge is 0.454 e. The maximum Gasteiger partial charge on any atom is 0.247 e. The Morgan fingerprint density at radius 2 is 1.86 bits per heavy atom. The van der Waals surface area contributed by atoms with E-state index in [9.17, 15) is 19.8 Å². The summed E-state index contributed by atoms with van der Waals surface area (Å²) >= 11 is 0. The summed E-state index contributed by atoms with van der Waals surface area (Å²) in [6.07, 6.45) is 1.63. The third-order valence-electron chi connectivity index (χ3n) is 9.71. The molecule has 4 aliphatic rings. The molecule has 2 aliphatic carbocycles. The van der Waals surface area contributed by atoms with Gasteiger partial charge in [0, 0.05) is 39.1 Å². The van der Waals surface area contributed by atoms with E-state index in [0.717, 1.165) is 36.4 Å². The highest BCUT2D eigenvalue weighted by atomic mass is 16.7. The van der Waals surface area contributed by atoms with Crippen molar-refractivity contribution in [3.63, 3.8) is 0 Å². The molecular formula is C27H39N3O6. The van der Waals surface area contributed by atoms with Crippen LogP contribution in [0.5, 0.6) is 11.5 Å². The predicted molar refractivity (Wildman–Crippen MR) is 132 cm³/mol. The van der Waals surface area contributed by atoms with Crippen LogP contribution in [-0.4, -0.2) is 83.6 Å². The molecule has 0 radical (unpaired) electrons. The number of carbonyl (C=O) groups excluding carboxylic acids is 2. The van der Waals surface area contributed by atoms with Gasteiger partial charge in [-0.15, -0.1) is 0 Å². The Hall–Kier alpha value is -2.36. The number of ether oxygens (including phenoxy) is 2. The number of aliphatic hydroxyl groups is 2. The van der Waals surface area contributed by atoms with E-state index in [4.69, 9.17) is 9.47 Å². The predicted octanol–water partition coefficient (Wildman–Crippen LogP) is 1.36. The molecule has 9 nitrogen and oxygen atoms in total. The zero-order valence-electron chi connectivity index (χ0n) is 21.5. The monoisotopic (exact) mass is 501 g/mol. The first-order valence-electron chi connectivity index (χ1n) is 13.1. The number of aliphatic hydroxyl groups excluding tert-OH is 2. The Morgan fingerprint density at radius 1 is 1.14 bits per heavy atom. The third kappa shape index (κ3) is 4.25. The van der Waals surface area contributed by atoms with Gasteiger partial charge in [-0.3, -0.25) is 14.5 Å². The normalized spacial score (nSPS) is 31.5. The smallest absolute Gasteiger partial charge is 0.247 e. The van der Waals surface area contributed by atoms with E-state index >= 15 is 0 Å². The third-order valence-corrected chi connectivity index (χ3v) is 9.71. The van der Waals surface area contributed by atoms with Crippen molar-refractivity contribution >= 4 is 11.8 Å². The molecule has 36 heavy (non-hydrogen) atoms. The first-order chi connectivity index (χ1) is 17.1. The van der Waals surface area contributed by atoms with Gasteiger partial charge in [-0.1, -0.05) is 26.8 Å². The van der Waals surface area contributed by atoms with Gasteiger partial charge >= 0.3 is 0 Å². The number of hydrogen-bond acceptors (Lipinski definition) is 7. The van der Waals surface area contributed by atoms with Crippen LogP contribution >= 0.6 is 0 Å². The van der Waals surface area contributed by atoms with Crippen LogP contribution in [0.25, 0.3) is 0 Å². The lowest BCUT2D eigenvalue weighted by Gasteiger charge is -2.37. The molecular weight excluding hydrogens is 462 g/mol. The van der Waals surface area contributed by atoms with Gasteiger partial charge in [-0.25, -0.2) is 0 Å². The topological polar surface area (TPSA) is 112 Å². The zero-order valence-corrected chi connectivity index (χ0v) is 21.5. The second kappa shape index (κ2) is 9.50. The van der Waals surface area contributed by atoms with Gasteiger partial charge in [-0.2, -0.15) is 0 Å². The molecule has 0 aromatic heterocycles. The quantitative estimate of drug-likeness (QED) is 0.517. The molecule has 2 heterocycles. The van der Waals surface area contributed by atoms with Gasteiger partial charge in [0.15, 0.2) is 11.5 Å². The SMILES string of the molecule is CC1(C)C2CCC1(C)C(O)C2CC(=O)NC(CO)C(=O)N1CCN(Cc2ccc3c(c2)OCO3)CC1. The molecule has 3 N–H and O–H groups in total. The highest BCUT2D eigenvalue weighted by Gasteiger charge is 2.65. The highest BCUT2D eigenvalue weighted by molar-refractivity contribution is 5.88. The minimum absolute atomic E-state index is 0.0240. The molecule has 1 saturated heterocycles. The molecule has 1 aromatic carbocycles. The van der Waals surface area contributed by atoms with E-state index in [2.05, 4.69) is 31.0 Å². The van der Waals surface area contributed by atoms with Gasteiger partial charge in [0.1, 0.15) is 6.04 Å². The number of nitrogens with zero attached hydrogens (tertiary/aromatic N) is 2. The Labute approximate surface area is 212 Å². The Kier molecular flexibility index (Phi) is 6.68. The lowest BCUT2D eigenvalue weighted by molar-refractivity contribution is -0.139. The summed E-state index contributed by atoms with van der Waals surface area (Å²) < 4.78 is 10.8. The lowest BCUT2D eigenvalue weighted by atomic mass is 9.70. The highest BCUT2D eigenvalue weighted by Crippen LogP contribution is 2.68.